The van der Waals surface area contributed by atoms with E-state index in [-0.39, 0.29) is 0 Å². The molecule has 2 rings (SSSR count). The summed E-state index contributed by atoms with van der Waals surface area (Å²) >= 11 is 0. The summed E-state index contributed by atoms with van der Waals surface area (Å²) in [5.74, 6) is 0. The van der Waals surface area contributed by atoms with E-state index in [4.69, 9.17) is 0 Å². The number of benzene rings is 1. The smallest absolute Gasteiger partial charge is 0.0959 e. The first-order chi connectivity index (χ1) is 5.68. The predicted octanol–water partition coefficient (Wildman–Crippen LogP) is 2.20. The molecule has 1 atom stereocenters. The van der Waals surface area contributed by atoms with Crippen molar-refractivity contribution < 1.29 is 0 Å². The minimum Gasteiger partial charge on any atom is -0.364 e. The van der Waals surface area contributed by atoms with Gasteiger partial charge < -0.3 is 10.2 Å². The zero-order valence-electron chi connectivity index (χ0n) is 7.76. The van der Waals surface area contributed by atoms with Crippen molar-refractivity contribution in [1.82, 2.24) is 0 Å². The van der Waals surface area contributed by atoms with E-state index in [2.05, 4.69) is 49.3 Å². The molecule has 2 heteroatoms. The molecule has 1 aliphatic heterocycles. The Kier molecular flexibility index (Phi) is 1.50. The van der Waals surface area contributed by atoms with Crippen molar-refractivity contribution in [2.45, 2.75) is 20.0 Å². The summed E-state index contributed by atoms with van der Waals surface area (Å²) in [6.07, 6.45) is 0.418. The van der Waals surface area contributed by atoms with Gasteiger partial charge in [-0.05, 0) is 31.5 Å². The summed E-state index contributed by atoms with van der Waals surface area (Å²) in [6.45, 7) is 4.28. The minimum atomic E-state index is 0.418. The minimum absolute atomic E-state index is 0.418. The highest BCUT2D eigenvalue weighted by atomic mass is 15.3. The van der Waals surface area contributed by atoms with Gasteiger partial charge in [0.25, 0.3) is 0 Å². The van der Waals surface area contributed by atoms with Gasteiger partial charge in [-0.15, -0.1) is 0 Å². The summed E-state index contributed by atoms with van der Waals surface area (Å²) in [5.41, 5.74) is 3.86. The summed E-state index contributed by atoms with van der Waals surface area (Å²) in [6, 6.07) is 6.51. The van der Waals surface area contributed by atoms with Crippen LogP contribution in [0.1, 0.15) is 12.5 Å². The lowest BCUT2D eigenvalue weighted by molar-refractivity contribution is 0.806. The molecule has 64 valence electrons. The molecule has 0 aliphatic carbocycles. The van der Waals surface area contributed by atoms with Gasteiger partial charge in [0.15, 0.2) is 0 Å². The summed E-state index contributed by atoms with van der Waals surface area (Å²) in [5, 5.41) is 3.41. The van der Waals surface area contributed by atoms with Crippen molar-refractivity contribution in [3.8, 4) is 0 Å². The number of aryl methyl sites for hydroxylation is 1. The Labute approximate surface area is 73.2 Å². The Morgan fingerprint density at radius 1 is 1.42 bits per heavy atom. The van der Waals surface area contributed by atoms with Crippen LogP contribution in [0, 0.1) is 6.92 Å². The molecule has 0 spiro atoms. The molecule has 1 N–H and O–H groups in total. The highest BCUT2D eigenvalue weighted by molar-refractivity contribution is 5.76. The predicted molar refractivity (Wildman–Crippen MR) is 52.7 cm³/mol. The average Bonchev–Trinajstić information content (AvgIpc) is 2.28. The highest BCUT2D eigenvalue weighted by Crippen LogP contribution is 2.33. The molecule has 1 heterocycles. The molecule has 0 fully saturated rings. The Morgan fingerprint density at radius 2 is 2.17 bits per heavy atom. The summed E-state index contributed by atoms with van der Waals surface area (Å²) in [4.78, 5) is 2.24. The molecule has 0 saturated heterocycles. The molecule has 12 heavy (non-hydrogen) atoms. The molecule has 1 unspecified atom stereocenters. The Balaban J connectivity index is 2.47. The molecular weight excluding hydrogens is 148 g/mol. The highest BCUT2D eigenvalue weighted by Gasteiger charge is 2.20. The molecule has 0 saturated carbocycles. The van der Waals surface area contributed by atoms with Crippen molar-refractivity contribution >= 4 is 11.4 Å². The second-order valence-electron chi connectivity index (χ2n) is 3.45. The first-order valence-corrected chi connectivity index (χ1v) is 4.28. The van der Waals surface area contributed by atoms with Crippen molar-refractivity contribution in [3.05, 3.63) is 23.8 Å². The molecule has 1 aromatic carbocycles. The maximum Gasteiger partial charge on any atom is 0.0959 e. The van der Waals surface area contributed by atoms with Crippen LogP contribution in [0.3, 0.4) is 0 Å². The molecule has 1 aromatic rings. The van der Waals surface area contributed by atoms with Gasteiger partial charge in [-0.25, -0.2) is 0 Å². The van der Waals surface area contributed by atoms with Gasteiger partial charge in [0.1, 0.15) is 0 Å². The number of hydrogen-bond donors (Lipinski definition) is 1. The number of nitrogens with one attached hydrogen (secondary N) is 1. The van der Waals surface area contributed by atoms with E-state index >= 15 is 0 Å². The lowest BCUT2D eigenvalue weighted by atomic mass is 10.2. The standard InChI is InChI=1S/C10H14N2/c1-7-4-5-10-9(6-7)11-8(2)12(10)3/h4-6,8,11H,1-3H3. The van der Waals surface area contributed by atoms with Gasteiger partial charge in [-0.2, -0.15) is 0 Å². The Hall–Kier alpha value is -1.18. The summed E-state index contributed by atoms with van der Waals surface area (Å²) in [7, 11) is 2.11. The summed E-state index contributed by atoms with van der Waals surface area (Å²) < 4.78 is 0. The normalized spacial score (nSPS) is 20.6. The lowest BCUT2D eigenvalue weighted by Gasteiger charge is -2.16. The van der Waals surface area contributed by atoms with Gasteiger partial charge in [0.2, 0.25) is 0 Å². The maximum absolute atomic E-state index is 3.41. The van der Waals surface area contributed by atoms with Crippen LogP contribution in [0.2, 0.25) is 0 Å². The first-order valence-electron chi connectivity index (χ1n) is 4.28. The molecule has 0 aromatic heterocycles. The largest absolute Gasteiger partial charge is 0.364 e. The monoisotopic (exact) mass is 162 g/mol. The third-order valence-electron chi connectivity index (χ3n) is 2.48. The number of anilines is 2. The number of rotatable bonds is 0. The molecular formula is C10H14N2. The SMILES string of the molecule is Cc1ccc2c(c1)NC(C)N2C. The van der Waals surface area contributed by atoms with E-state index in [0.717, 1.165) is 0 Å². The van der Waals surface area contributed by atoms with Gasteiger partial charge in [0.05, 0.1) is 17.5 Å². The van der Waals surface area contributed by atoms with Crippen molar-refractivity contribution in [1.29, 1.82) is 0 Å². The van der Waals surface area contributed by atoms with Crippen LogP contribution in [-0.2, 0) is 0 Å². The molecule has 2 nitrogen and oxygen atoms in total. The number of fused-ring (bicyclic) bond motifs is 1. The zero-order chi connectivity index (χ0) is 8.72. The van der Waals surface area contributed by atoms with E-state index < -0.39 is 0 Å². The van der Waals surface area contributed by atoms with Gasteiger partial charge in [-0.1, -0.05) is 6.07 Å². The third kappa shape index (κ3) is 0.951. The average molecular weight is 162 g/mol. The molecule has 0 radical (unpaired) electrons. The number of nitrogens with zero attached hydrogens (tertiary/aromatic N) is 1. The van der Waals surface area contributed by atoms with Crippen LogP contribution >= 0.6 is 0 Å². The van der Waals surface area contributed by atoms with Crippen LogP contribution in [0.25, 0.3) is 0 Å². The first kappa shape index (κ1) is 7.47. The fraction of sp³-hybridized carbons (Fsp3) is 0.400. The second-order valence-corrected chi connectivity index (χ2v) is 3.45. The van der Waals surface area contributed by atoms with Crippen LogP contribution in [0.15, 0.2) is 18.2 Å². The Bertz CT molecular complexity index is 307. The lowest BCUT2D eigenvalue weighted by Crippen LogP contribution is -2.28. The van der Waals surface area contributed by atoms with E-state index in [0.29, 0.717) is 6.17 Å². The van der Waals surface area contributed by atoms with Gasteiger partial charge in [-0.3, -0.25) is 0 Å². The quantitative estimate of drug-likeness (QED) is 0.629. The fourth-order valence-corrected chi connectivity index (χ4v) is 1.60. The van der Waals surface area contributed by atoms with Crippen molar-refractivity contribution in [2.75, 3.05) is 17.3 Å². The fourth-order valence-electron chi connectivity index (χ4n) is 1.60. The van der Waals surface area contributed by atoms with Gasteiger partial charge in [0, 0.05) is 7.05 Å². The van der Waals surface area contributed by atoms with Crippen molar-refractivity contribution in [2.24, 2.45) is 0 Å². The van der Waals surface area contributed by atoms with Crippen LogP contribution in [-0.4, -0.2) is 13.2 Å². The molecule has 1 aliphatic rings. The molecule has 0 amide bonds. The number of hydrogen-bond acceptors (Lipinski definition) is 2. The second kappa shape index (κ2) is 2.41. The maximum atomic E-state index is 3.41. The van der Waals surface area contributed by atoms with E-state index in [9.17, 15) is 0 Å². The van der Waals surface area contributed by atoms with Crippen LogP contribution in [0.5, 0.6) is 0 Å². The van der Waals surface area contributed by atoms with E-state index in [1.165, 1.54) is 16.9 Å². The third-order valence-corrected chi connectivity index (χ3v) is 2.48. The molecule has 0 bridgehead atoms. The van der Waals surface area contributed by atoms with Crippen LogP contribution in [0.4, 0.5) is 11.4 Å². The van der Waals surface area contributed by atoms with Crippen LogP contribution < -0.4 is 10.2 Å². The van der Waals surface area contributed by atoms with E-state index in [1.807, 2.05) is 0 Å². The van der Waals surface area contributed by atoms with E-state index in [1.54, 1.807) is 0 Å². The zero-order valence-corrected chi connectivity index (χ0v) is 7.76. The van der Waals surface area contributed by atoms with Gasteiger partial charge >= 0.3 is 0 Å². The van der Waals surface area contributed by atoms with Crippen molar-refractivity contribution in [3.63, 3.8) is 0 Å². The Morgan fingerprint density at radius 3 is 2.92 bits per heavy atom. The topological polar surface area (TPSA) is 15.3 Å².